The van der Waals surface area contributed by atoms with Gasteiger partial charge in [0.2, 0.25) is 0 Å². The van der Waals surface area contributed by atoms with Gasteiger partial charge in [0, 0.05) is 0 Å². The number of halogens is 2. The summed E-state index contributed by atoms with van der Waals surface area (Å²) < 4.78 is 40.3. The van der Waals surface area contributed by atoms with Crippen molar-refractivity contribution in [3.63, 3.8) is 0 Å². The van der Waals surface area contributed by atoms with Crippen molar-refractivity contribution in [2.45, 2.75) is 4.21 Å². The Balaban J connectivity index is 2.30. The molecule has 0 unspecified atom stereocenters. The Morgan fingerprint density at radius 3 is 2.50 bits per heavy atom. The van der Waals surface area contributed by atoms with E-state index in [1.54, 1.807) is 6.07 Å². The first-order chi connectivity index (χ1) is 9.29. The van der Waals surface area contributed by atoms with Crippen molar-refractivity contribution in [1.82, 2.24) is 0 Å². The maximum Gasteiger partial charge on any atom is 0.338 e. The Bertz CT molecular complexity index is 772. The molecule has 0 radical (unpaired) electrons. The molecule has 0 atom stereocenters. The quantitative estimate of drug-likeness (QED) is 0.854. The molecule has 2 rings (SSSR count). The number of aromatic carboxylic acids is 1. The van der Waals surface area contributed by atoms with Crippen LogP contribution in [0.15, 0.2) is 38.3 Å². The molecule has 0 saturated carbocycles. The number of nitrogens with one attached hydrogen (secondary N) is 1. The van der Waals surface area contributed by atoms with Gasteiger partial charge in [-0.05, 0) is 46.3 Å². The molecule has 1 heterocycles. The van der Waals surface area contributed by atoms with E-state index in [1.165, 1.54) is 12.1 Å². The fourth-order valence-corrected chi connectivity index (χ4v) is 4.46. The molecule has 1 aromatic carbocycles. The first-order valence-corrected chi connectivity index (χ1v) is 8.20. The molecular weight excluding hydrogens is 373 g/mol. The second kappa shape index (κ2) is 5.51. The monoisotopic (exact) mass is 379 g/mol. The third-order valence-electron chi connectivity index (χ3n) is 2.27. The minimum Gasteiger partial charge on any atom is -0.478 e. The number of carboxylic acids is 1. The van der Waals surface area contributed by atoms with E-state index < -0.39 is 27.4 Å². The third-order valence-corrected chi connectivity index (χ3v) is 5.76. The topological polar surface area (TPSA) is 83.5 Å². The minimum absolute atomic E-state index is 0.0444. The minimum atomic E-state index is -3.82. The molecule has 20 heavy (non-hydrogen) atoms. The number of anilines is 1. The molecule has 2 N–H and O–H groups in total. The van der Waals surface area contributed by atoms with Crippen molar-refractivity contribution in [2.75, 3.05) is 4.72 Å². The Hall–Kier alpha value is -1.45. The number of sulfonamides is 1. The van der Waals surface area contributed by atoms with Gasteiger partial charge in [-0.25, -0.2) is 17.6 Å². The van der Waals surface area contributed by atoms with E-state index in [9.17, 15) is 17.6 Å². The van der Waals surface area contributed by atoms with E-state index in [-0.39, 0.29) is 9.90 Å². The van der Waals surface area contributed by atoms with Crippen LogP contribution in [-0.4, -0.2) is 19.5 Å². The van der Waals surface area contributed by atoms with E-state index in [1.807, 2.05) is 0 Å². The first kappa shape index (κ1) is 14.9. The lowest BCUT2D eigenvalue weighted by atomic mass is 10.2. The number of thiophene rings is 1. The molecule has 2 aromatic rings. The molecular formula is C11H7BrFNO4S2. The van der Waals surface area contributed by atoms with E-state index in [0.717, 1.165) is 23.5 Å². The summed E-state index contributed by atoms with van der Waals surface area (Å²) in [6.07, 6.45) is 0. The van der Waals surface area contributed by atoms with Gasteiger partial charge < -0.3 is 5.11 Å². The summed E-state index contributed by atoms with van der Waals surface area (Å²) in [4.78, 5) is 10.7. The molecule has 0 aliphatic heterocycles. The number of carboxylic acid groups (broad SMARTS) is 1. The largest absolute Gasteiger partial charge is 0.478 e. The second-order valence-corrected chi connectivity index (χ2v) is 8.04. The normalized spacial score (nSPS) is 11.3. The average Bonchev–Trinajstić information content (AvgIpc) is 2.75. The van der Waals surface area contributed by atoms with Gasteiger partial charge in [-0.3, -0.25) is 4.72 Å². The Morgan fingerprint density at radius 2 is 2.00 bits per heavy atom. The summed E-state index contributed by atoms with van der Waals surface area (Å²) in [6.45, 7) is 0. The Kier molecular flexibility index (Phi) is 4.11. The van der Waals surface area contributed by atoms with E-state index in [0.29, 0.717) is 3.79 Å². The summed E-state index contributed by atoms with van der Waals surface area (Å²) in [5, 5.41) is 8.69. The van der Waals surface area contributed by atoms with Crippen molar-refractivity contribution in [2.24, 2.45) is 0 Å². The Labute approximate surface area is 126 Å². The van der Waals surface area contributed by atoms with E-state index in [2.05, 4.69) is 20.7 Å². The zero-order valence-electron chi connectivity index (χ0n) is 9.63. The molecule has 0 saturated heterocycles. The van der Waals surface area contributed by atoms with Crippen LogP contribution in [0.25, 0.3) is 0 Å². The number of rotatable bonds is 4. The van der Waals surface area contributed by atoms with Gasteiger partial charge in [0.25, 0.3) is 10.0 Å². The molecule has 0 bridgehead atoms. The summed E-state index contributed by atoms with van der Waals surface area (Å²) in [5.41, 5.74) is -0.566. The molecule has 1 aromatic heterocycles. The highest BCUT2D eigenvalue weighted by molar-refractivity contribution is 9.11. The number of hydrogen-bond donors (Lipinski definition) is 2. The van der Waals surface area contributed by atoms with Crippen LogP contribution < -0.4 is 4.72 Å². The van der Waals surface area contributed by atoms with Crippen molar-refractivity contribution in [1.29, 1.82) is 0 Å². The molecule has 0 aliphatic carbocycles. The van der Waals surface area contributed by atoms with Gasteiger partial charge in [0.05, 0.1) is 15.0 Å². The summed E-state index contributed by atoms with van der Waals surface area (Å²) >= 11 is 4.15. The maximum atomic E-state index is 13.5. The van der Waals surface area contributed by atoms with Crippen LogP contribution in [0.1, 0.15) is 10.4 Å². The molecule has 0 fully saturated rings. The van der Waals surface area contributed by atoms with Gasteiger partial charge in [0.15, 0.2) is 0 Å². The van der Waals surface area contributed by atoms with Crippen LogP contribution in [0.5, 0.6) is 0 Å². The summed E-state index contributed by atoms with van der Waals surface area (Å²) in [5.74, 6) is -2.43. The molecule has 106 valence electrons. The van der Waals surface area contributed by atoms with Gasteiger partial charge >= 0.3 is 5.97 Å². The zero-order chi connectivity index (χ0) is 14.9. The highest BCUT2D eigenvalue weighted by Crippen LogP contribution is 2.28. The van der Waals surface area contributed by atoms with Gasteiger partial charge in [-0.2, -0.15) is 0 Å². The van der Waals surface area contributed by atoms with Crippen molar-refractivity contribution >= 4 is 48.9 Å². The van der Waals surface area contributed by atoms with Gasteiger partial charge in [-0.1, -0.05) is 0 Å². The van der Waals surface area contributed by atoms with Crippen LogP contribution in [0.3, 0.4) is 0 Å². The van der Waals surface area contributed by atoms with Crippen LogP contribution in [-0.2, 0) is 10.0 Å². The molecule has 0 amide bonds. The maximum absolute atomic E-state index is 13.5. The molecule has 0 spiro atoms. The van der Waals surface area contributed by atoms with Crippen molar-refractivity contribution in [3.8, 4) is 0 Å². The average molecular weight is 380 g/mol. The number of hydrogen-bond acceptors (Lipinski definition) is 4. The SMILES string of the molecule is O=C(O)c1ccc(NS(=O)(=O)c2ccc(Br)s2)cc1F. The van der Waals surface area contributed by atoms with E-state index >= 15 is 0 Å². The third kappa shape index (κ3) is 3.17. The zero-order valence-corrected chi connectivity index (χ0v) is 12.9. The van der Waals surface area contributed by atoms with Crippen molar-refractivity contribution < 1.29 is 22.7 Å². The fourth-order valence-electron chi connectivity index (χ4n) is 1.40. The predicted molar refractivity (Wildman–Crippen MR) is 76.2 cm³/mol. The fraction of sp³-hybridized carbons (Fsp3) is 0. The lowest BCUT2D eigenvalue weighted by Gasteiger charge is -2.07. The van der Waals surface area contributed by atoms with Crippen LogP contribution in [0.2, 0.25) is 0 Å². The van der Waals surface area contributed by atoms with Crippen LogP contribution in [0.4, 0.5) is 10.1 Å². The Morgan fingerprint density at radius 1 is 1.30 bits per heavy atom. The van der Waals surface area contributed by atoms with E-state index in [4.69, 9.17) is 5.11 Å². The lowest BCUT2D eigenvalue weighted by Crippen LogP contribution is -2.12. The van der Waals surface area contributed by atoms with Crippen molar-refractivity contribution in [3.05, 3.63) is 45.5 Å². The highest BCUT2D eigenvalue weighted by Gasteiger charge is 2.18. The standard InChI is InChI=1S/C11H7BrFNO4S2/c12-9-3-4-10(19-9)20(17,18)14-6-1-2-7(11(15)16)8(13)5-6/h1-5,14H,(H,15,16). The van der Waals surface area contributed by atoms with Crippen LogP contribution >= 0.6 is 27.3 Å². The van der Waals surface area contributed by atoms with Gasteiger partial charge in [0.1, 0.15) is 10.0 Å². The highest BCUT2D eigenvalue weighted by atomic mass is 79.9. The smallest absolute Gasteiger partial charge is 0.338 e. The second-order valence-electron chi connectivity index (χ2n) is 3.66. The van der Waals surface area contributed by atoms with Crippen LogP contribution in [0, 0.1) is 5.82 Å². The number of benzene rings is 1. The number of carbonyl (C=O) groups is 1. The van der Waals surface area contributed by atoms with Gasteiger partial charge in [-0.15, -0.1) is 11.3 Å². The molecule has 0 aliphatic rings. The lowest BCUT2D eigenvalue weighted by molar-refractivity contribution is 0.0692. The molecule has 5 nitrogen and oxygen atoms in total. The molecule has 9 heteroatoms. The summed E-state index contributed by atoms with van der Waals surface area (Å²) in [6, 6.07) is 5.99. The summed E-state index contributed by atoms with van der Waals surface area (Å²) in [7, 11) is -3.82. The first-order valence-electron chi connectivity index (χ1n) is 5.10. The predicted octanol–water partition coefficient (Wildman–Crippen LogP) is 3.15.